The van der Waals surface area contributed by atoms with E-state index in [0.717, 1.165) is 17.4 Å². The zero-order valence-corrected chi connectivity index (χ0v) is 13.9. The van der Waals surface area contributed by atoms with Gasteiger partial charge in [-0.25, -0.2) is 0 Å². The monoisotopic (exact) mass is 326 g/mol. The number of hydrogen-bond donors (Lipinski definition) is 1. The summed E-state index contributed by atoms with van der Waals surface area (Å²) < 4.78 is 0. The normalized spacial score (nSPS) is 30.7. The summed E-state index contributed by atoms with van der Waals surface area (Å²) >= 11 is 12.3. The Labute approximate surface area is 137 Å². The van der Waals surface area contributed by atoms with E-state index in [2.05, 4.69) is 0 Å². The molecule has 1 N–H and O–H groups in total. The molecule has 3 heteroatoms. The summed E-state index contributed by atoms with van der Waals surface area (Å²) in [5.74, 6) is 2.21. The Balaban J connectivity index is 1.62. The molecule has 0 radical (unpaired) electrons. The highest BCUT2D eigenvalue weighted by atomic mass is 35.5. The van der Waals surface area contributed by atoms with Gasteiger partial charge in [0.1, 0.15) is 0 Å². The first kappa shape index (κ1) is 15.6. The standard InChI is InChI=1S/C18H24Cl2O/c19-16-7-8-17(20)15(10-16)11-18(21)14-6-5-12-3-1-2-4-13(12)9-14/h7-8,10,12-14,18,21H,1-6,9,11H2. The SMILES string of the molecule is OC(Cc1cc(Cl)ccc1Cl)C1CCC2CCCCC2C1. The lowest BCUT2D eigenvalue weighted by Gasteiger charge is -2.40. The molecule has 1 aromatic rings. The third kappa shape index (κ3) is 3.75. The molecule has 21 heavy (non-hydrogen) atoms. The van der Waals surface area contributed by atoms with E-state index in [0.29, 0.717) is 22.4 Å². The average molecular weight is 327 g/mol. The fourth-order valence-electron chi connectivity index (χ4n) is 4.35. The van der Waals surface area contributed by atoms with Crippen molar-refractivity contribution in [2.75, 3.05) is 0 Å². The van der Waals surface area contributed by atoms with Crippen LogP contribution in [0.5, 0.6) is 0 Å². The molecule has 0 amide bonds. The predicted octanol–water partition coefficient (Wildman–Crippen LogP) is 5.50. The second-order valence-electron chi connectivity index (χ2n) is 6.88. The minimum absolute atomic E-state index is 0.288. The van der Waals surface area contributed by atoms with Crippen LogP contribution in [-0.2, 0) is 6.42 Å². The molecule has 0 saturated heterocycles. The van der Waals surface area contributed by atoms with Crippen molar-refractivity contribution in [3.8, 4) is 0 Å². The van der Waals surface area contributed by atoms with Crippen LogP contribution in [0.1, 0.15) is 50.5 Å². The van der Waals surface area contributed by atoms with Gasteiger partial charge in [-0.3, -0.25) is 0 Å². The number of halogens is 2. The minimum Gasteiger partial charge on any atom is -0.392 e. The molecule has 0 aromatic heterocycles. The van der Waals surface area contributed by atoms with Crippen LogP contribution in [0.3, 0.4) is 0 Å². The average Bonchev–Trinajstić information content (AvgIpc) is 2.50. The molecule has 2 saturated carbocycles. The summed E-state index contributed by atoms with van der Waals surface area (Å²) in [6, 6.07) is 5.51. The van der Waals surface area contributed by atoms with Gasteiger partial charge in [-0.2, -0.15) is 0 Å². The van der Waals surface area contributed by atoms with E-state index in [9.17, 15) is 5.11 Å². The van der Waals surface area contributed by atoms with Gasteiger partial charge in [-0.15, -0.1) is 0 Å². The molecule has 4 atom stereocenters. The Morgan fingerprint density at radius 2 is 1.81 bits per heavy atom. The lowest BCUT2D eigenvalue weighted by atomic mass is 9.66. The van der Waals surface area contributed by atoms with E-state index in [4.69, 9.17) is 23.2 Å². The fraction of sp³-hybridized carbons (Fsp3) is 0.667. The number of hydrogen-bond acceptors (Lipinski definition) is 1. The summed E-state index contributed by atoms with van der Waals surface area (Å²) in [5.41, 5.74) is 0.974. The van der Waals surface area contributed by atoms with E-state index in [1.165, 1.54) is 44.9 Å². The Hall–Kier alpha value is -0.240. The van der Waals surface area contributed by atoms with Crippen molar-refractivity contribution >= 4 is 23.2 Å². The molecule has 0 heterocycles. The van der Waals surface area contributed by atoms with Crippen LogP contribution >= 0.6 is 23.2 Å². The highest BCUT2D eigenvalue weighted by molar-refractivity contribution is 6.33. The van der Waals surface area contributed by atoms with Gasteiger partial charge >= 0.3 is 0 Å². The largest absolute Gasteiger partial charge is 0.392 e. The van der Waals surface area contributed by atoms with Gasteiger partial charge in [0.05, 0.1) is 6.10 Å². The molecule has 0 bridgehead atoms. The molecule has 0 spiro atoms. The maximum Gasteiger partial charge on any atom is 0.0609 e. The molecule has 4 unspecified atom stereocenters. The zero-order chi connectivity index (χ0) is 14.8. The van der Waals surface area contributed by atoms with Crippen molar-refractivity contribution in [3.05, 3.63) is 33.8 Å². The summed E-state index contributed by atoms with van der Waals surface area (Å²) in [6.07, 6.45) is 9.57. The van der Waals surface area contributed by atoms with Crippen molar-refractivity contribution < 1.29 is 5.11 Å². The van der Waals surface area contributed by atoms with Crippen LogP contribution in [0.4, 0.5) is 0 Å². The quantitative estimate of drug-likeness (QED) is 0.777. The number of fused-ring (bicyclic) bond motifs is 1. The number of benzene rings is 1. The molecule has 116 valence electrons. The summed E-state index contributed by atoms with van der Waals surface area (Å²) in [6.45, 7) is 0. The third-order valence-electron chi connectivity index (χ3n) is 5.56. The molecule has 2 aliphatic carbocycles. The van der Waals surface area contributed by atoms with E-state index < -0.39 is 0 Å². The van der Waals surface area contributed by atoms with Gasteiger partial charge in [0.15, 0.2) is 0 Å². The fourth-order valence-corrected chi connectivity index (χ4v) is 4.74. The van der Waals surface area contributed by atoms with Crippen molar-refractivity contribution in [2.24, 2.45) is 17.8 Å². The Morgan fingerprint density at radius 1 is 1.05 bits per heavy atom. The number of aliphatic hydroxyl groups excluding tert-OH is 1. The number of aliphatic hydroxyl groups is 1. The predicted molar refractivity (Wildman–Crippen MR) is 89.0 cm³/mol. The maximum atomic E-state index is 10.6. The molecular weight excluding hydrogens is 303 g/mol. The first-order valence-electron chi connectivity index (χ1n) is 8.25. The second-order valence-corrected chi connectivity index (χ2v) is 7.73. The number of rotatable bonds is 3. The Morgan fingerprint density at radius 3 is 2.62 bits per heavy atom. The summed E-state index contributed by atoms with van der Waals surface area (Å²) in [5, 5.41) is 12.0. The van der Waals surface area contributed by atoms with Crippen LogP contribution < -0.4 is 0 Å². The summed E-state index contributed by atoms with van der Waals surface area (Å²) in [4.78, 5) is 0. The van der Waals surface area contributed by atoms with Crippen molar-refractivity contribution in [2.45, 2.75) is 57.5 Å². The second kappa shape index (κ2) is 6.89. The molecule has 1 aromatic carbocycles. The van der Waals surface area contributed by atoms with Crippen LogP contribution in [0.2, 0.25) is 10.0 Å². The first-order chi connectivity index (χ1) is 10.1. The van der Waals surface area contributed by atoms with E-state index in [1.54, 1.807) is 6.07 Å². The van der Waals surface area contributed by atoms with Gasteiger partial charge in [0.25, 0.3) is 0 Å². The van der Waals surface area contributed by atoms with Gasteiger partial charge in [-0.1, -0.05) is 48.9 Å². The van der Waals surface area contributed by atoms with Crippen LogP contribution in [0, 0.1) is 17.8 Å². The third-order valence-corrected chi connectivity index (χ3v) is 6.17. The Bertz CT molecular complexity index is 488. The van der Waals surface area contributed by atoms with Crippen molar-refractivity contribution in [3.63, 3.8) is 0 Å². The van der Waals surface area contributed by atoms with Crippen molar-refractivity contribution in [1.29, 1.82) is 0 Å². The highest BCUT2D eigenvalue weighted by Gasteiger charge is 2.34. The van der Waals surface area contributed by atoms with Crippen LogP contribution in [0.15, 0.2) is 18.2 Å². The molecule has 0 aliphatic heterocycles. The highest BCUT2D eigenvalue weighted by Crippen LogP contribution is 2.44. The van der Waals surface area contributed by atoms with Gasteiger partial charge < -0.3 is 5.11 Å². The van der Waals surface area contributed by atoms with E-state index >= 15 is 0 Å². The summed E-state index contributed by atoms with van der Waals surface area (Å²) in [7, 11) is 0. The Kier molecular flexibility index (Phi) is 5.14. The molecule has 2 fully saturated rings. The topological polar surface area (TPSA) is 20.2 Å². The molecule has 1 nitrogen and oxygen atoms in total. The smallest absolute Gasteiger partial charge is 0.0609 e. The molecular formula is C18H24Cl2O. The zero-order valence-electron chi connectivity index (χ0n) is 12.4. The van der Waals surface area contributed by atoms with Gasteiger partial charge in [-0.05, 0) is 60.8 Å². The lowest BCUT2D eigenvalue weighted by Crippen LogP contribution is -2.34. The molecule has 2 aliphatic rings. The van der Waals surface area contributed by atoms with Crippen LogP contribution in [0.25, 0.3) is 0 Å². The van der Waals surface area contributed by atoms with Crippen molar-refractivity contribution in [1.82, 2.24) is 0 Å². The minimum atomic E-state index is -0.288. The first-order valence-corrected chi connectivity index (χ1v) is 9.01. The van der Waals surface area contributed by atoms with E-state index in [-0.39, 0.29) is 6.10 Å². The van der Waals surface area contributed by atoms with Crippen LogP contribution in [-0.4, -0.2) is 11.2 Å². The molecule has 3 rings (SSSR count). The van der Waals surface area contributed by atoms with Gasteiger partial charge in [0, 0.05) is 16.5 Å². The van der Waals surface area contributed by atoms with E-state index in [1.807, 2.05) is 12.1 Å². The van der Waals surface area contributed by atoms with Gasteiger partial charge in [0.2, 0.25) is 0 Å². The lowest BCUT2D eigenvalue weighted by molar-refractivity contribution is 0.0361. The maximum absolute atomic E-state index is 10.6.